The summed E-state index contributed by atoms with van der Waals surface area (Å²) in [6.45, 7) is 9.22. The van der Waals surface area contributed by atoms with Crippen LogP contribution in [0, 0.1) is 11.3 Å². The molecule has 1 rings (SSSR count). The van der Waals surface area contributed by atoms with Crippen molar-refractivity contribution in [2.24, 2.45) is 5.41 Å². The largest absolute Gasteiger partial charge is 0.0654 e. The highest BCUT2D eigenvalue weighted by Crippen LogP contribution is 2.34. The van der Waals surface area contributed by atoms with Crippen molar-refractivity contribution in [2.75, 3.05) is 0 Å². The Morgan fingerprint density at radius 1 is 1.07 bits per heavy atom. The third-order valence-corrected chi connectivity index (χ3v) is 2.87. The first-order chi connectivity index (χ1) is 7.04. The summed E-state index contributed by atoms with van der Waals surface area (Å²) in [5.74, 6) is 1.66. The molecule has 15 heavy (non-hydrogen) atoms. The van der Waals surface area contributed by atoms with Crippen molar-refractivity contribution in [3.8, 4) is 0 Å². The molecule has 0 saturated heterocycles. The summed E-state index contributed by atoms with van der Waals surface area (Å²) < 4.78 is 0. The highest BCUT2D eigenvalue weighted by Gasteiger charge is 2.24. The molecule has 0 heteroatoms. The van der Waals surface area contributed by atoms with Crippen LogP contribution in [0.2, 0.25) is 0 Å². The van der Waals surface area contributed by atoms with E-state index in [1.165, 1.54) is 18.4 Å². The van der Waals surface area contributed by atoms with Crippen molar-refractivity contribution < 1.29 is 0 Å². The number of benzene rings is 1. The summed E-state index contributed by atoms with van der Waals surface area (Å²) in [5.41, 5.74) is 1.78. The number of rotatable bonds is 4. The fraction of sp³-hybridized carbons (Fsp3) is 0.533. The zero-order valence-electron chi connectivity index (χ0n) is 10.5. The van der Waals surface area contributed by atoms with Gasteiger partial charge < -0.3 is 0 Å². The second-order valence-corrected chi connectivity index (χ2v) is 5.27. The van der Waals surface area contributed by atoms with E-state index in [1.54, 1.807) is 5.92 Å². The molecule has 0 amide bonds. The van der Waals surface area contributed by atoms with Gasteiger partial charge in [-0.15, -0.1) is 0 Å². The average Bonchev–Trinajstić information content (AvgIpc) is 2.17. The predicted molar refractivity (Wildman–Crippen MR) is 67.8 cm³/mol. The molecule has 0 spiro atoms. The van der Waals surface area contributed by atoms with Crippen LogP contribution < -0.4 is 0 Å². The van der Waals surface area contributed by atoms with Gasteiger partial charge in [-0.1, -0.05) is 64.4 Å². The maximum Gasteiger partial charge on any atom is -0.0144 e. The molecule has 0 aliphatic rings. The lowest BCUT2D eigenvalue weighted by Crippen LogP contribution is -2.20. The van der Waals surface area contributed by atoms with Gasteiger partial charge in [0, 0.05) is 0 Å². The van der Waals surface area contributed by atoms with E-state index in [0.29, 0.717) is 5.41 Å². The van der Waals surface area contributed by atoms with E-state index in [4.69, 9.17) is 0 Å². The molecule has 0 saturated carbocycles. The first kappa shape index (κ1) is 12.3. The van der Waals surface area contributed by atoms with Crippen molar-refractivity contribution in [3.63, 3.8) is 0 Å². The van der Waals surface area contributed by atoms with Gasteiger partial charge in [-0.2, -0.15) is 0 Å². The molecule has 0 fully saturated rings. The molecule has 1 radical (unpaired) electrons. The quantitative estimate of drug-likeness (QED) is 0.668. The van der Waals surface area contributed by atoms with Gasteiger partial charge in [-0.25, -0.2) is 0 Å². The summed E-state index contributed by atoms with van der Waals surface area (Å²) in [6.07, 6.45) is 3.63. The van der Waals surface area contributed by atoms with Gasteiger partial charge in [0.15, 0.2) is 0 Å². The van der Waals surface area contributed by atoms with Crippen LogP contribution in [-0.2, 0) is 6.42 Å². The van der Waals surface area contributed by atoms with Crippen molar-refractivity contribution >= 4 is 0 Å². The second-order valence-electron chi connectivity index (χ2n) is 5.27. The van der Waals surface area contributed by atoms with Crippen LogP contribution in [-0.4, -0.2) is 0 Å². The summed E-state index contributed by atoms with van der Waals surface area (Å²) in [6, 6.07) is 10.8. The van der Waals surface area contributed by atoms with Gasteiger partial charge in [-0.05, 0) is 29.7 Å². The SMILES string of the molecule is CCC[C](Cc1ccccc1)C(C)(C)C. The zero-order valence-corrected chi connectivity index (χ0v) is 10.5. The van der Waals surface area contributed by atoms with Gasteiger partial charge >= 0.3 is 0 Å². The van der Waals surface area contributed by atoms with Gasteiger partial charge in [0.2, 0.25) is 0 Å². The summed E-state index contributed by atoms with van der Waals surface area (Å²) >= 11 is 0. The fourth-order valence-electron chi connectivity index (χ4n) is 1.87. The Bertz CT molecular complexity index is 266. The Morgan fingerprint density at radius 3 is 2.13 bits per heavy atom. The number of hydrogen-bond acceptors (Lipinski definition) is 0. The maximum absolute atomic E-state index is 2.32. The van der Waals surface area contributed by atoms with Gasteiger partial charge in [0.05, 0.1) is 0 Å². The minimum atomic E-state index is 0.339. The molecule has 0 nitrogen and oxygen atoms in total. The summed E-state index contributed by atoms with van der Waals surface area (Å²) in [5, 5.41) is 0. The Morgan fingerprint density at radius 2 is 1.67 bits per heavy atom. The molecule has 0 N–H and O–H groups in total. The van der Waals surface area contributed by atoms with E-state index >= 15 is 0 Å². The van der Waals surface area contributed by atoms with Crippen LogP contribution in [0.4, 0.5) is 0 Å². The molecule has 0 bridgehead atoms. The maximum atomic E-state index is 2.32. The van der Waals surface area contributed by atoms with Gasteiger partial charge in [-0.3, -0.25) is 0 Å². The molecular weight excluding hydrogens is 180 g/mol. The minimum absolute atomic E-state index is 0.339. The summed E-state index contributed by atoms with van der Waals surface area (Å²) in [4.78, 5) is 0. The predicted octanol–water partition coefficient (Wildman–Crippen LogP) is 4.65. The molecule has 1 aromatic rings. The van der Waals surface area contributed by atoms with Crippen molar-refractivity contribution in [1.82, 2.24) is 0 Å². The third-order valence-electron chi connectivity index (χ3n) is 2.87. The van der Waals surface area contributed by atoms with Crippen LogP contribution >= 0.6 is 0 Å². The van der Waals surface area contributed by atoms with E-state index in [1.807, 2.05) is 0 Å². The fourth-order valence-corrected chi connectivity index (χ4v) is 1.87. The van der Waals surface area contributed by atoms with Gasteiger partial charge in [0.1, 0.15) is 0 Å². The van der Waals surface area contributed by atoms with Crippen LogP contribution in [0.25, 0.3) is 0 Å². The van der Waals surface area contributed by atoms with Crippen molar-refractivity contribution in [1.29, 1.82) is 0 Å². The minimum Gasteiger partial charge on any atom is -0.0654 e. The molecule has 0 heterocycles. The molecule has 0 aliphatic heterocycles. The Hall–Kier alpha value is -0.780. The number of hydrogen-bond donors (Lipinski definition) is 0. The molecule has 0 unspecified atom stereocenters. The van der Waals surface area contributed by atoms with Crippen molar-refractivity contribution in [2.45, 2.75) is 47.0 Å². The molecule has 0 atom stereocenters. The molecule has 0 aromatic heterocycles. The highest BCUT2D eigenvalue weighted by atomic mass is 14.3. The zero-order chi connectivity index (χ0) is 11.3. The monoisotopic (exact) mass is 203 g/mol. The van der Waals surface area contributed by atoms with E-state index < -0.39 is 0 Å². The molecule has 0 aliphatic carbocycles. The van der Waals surface area contributed by atoms with Crippen LogP contribution in [0.3, 0.4) is 0 Å². The molecule has 1 aromatic carbocycles. The first-order valence-electron chi connectivity index (χ1n) is 5.93. The van der Waals surface area contributed by atoms with Crippen molar-refractivity contribution in [3.05, 3.63) is 41.8 Å². The molecule has 83 valence electrons. The Labute approximate surface area is 94.7 Å². The molecular formula is C15H23. The van der Waals surface area contributed by atoms with Crippen LogP contribution in [0.5, 0.6) is 0 Å². The lowest BCUT2D eigenvalue weighted by Gasteiger charge is -2.30. The Balaban J connectivity index is 2.67. The lowest BCUT2D eigenvalue weighted by atomic mass is 9.75. The smallest absolute Gasteiger partial charge is 0.0144 e. The standard InChI is InChI=1S/C15H23/c1-5-9-14(15(2,3)4)12-13-10-7-6-8-11-13/h6-8,10-11H,5,9,12H2,1-4H3. The van der Waals surface area contributed by atoms with E-state index in [9.17, 15) is 0 Å². The van der Waals surface area contributed by atoms with E-state index in [0.717, 1.165) is 6.42 Å². The highest BCUT2D eigenvalue weighted by molar-refractivity contribution is 5.20. The Kier molecular flexibility index (Phi) is 4.38. The lowest BCUT2D eigenvalue weighted by molar-refractivity contribution is 0.391. The van der Waals surface area contributed by atoms with E-state index in [2.05, 4.69) is 58.0 Å². The van der Waals surface area contributed by atoms with Crippen LogP contribution in [0.15, 0.2) is 30.3 Å². The normalized spacial score (nSPS) is 12.1. The topological polar surface area (TPSA) is 0 Å². The summed E-state index contributed by atoms with van der Waals surface area (Å²) in [7, 11) is 0. The third kappa shape index (κ3) is 4.07. The van der Waals surface area contributed by atoms with Crippen LogP contribution in [0.1, 0.15) is 46.1 Å². The average molecular weight is 203 g/mol. The second kappa shape index (κ2) is 5.34. The van der Waals surface area contributed by atoms with E-state index in [-0.39, 0.29) is 0 Å². The van der Waals surface area contributed by atoms with Gasteiger partial charge in [0.25, 0.3) is 0 Å². The first-order valence-corrected chi connectivity index (χ1v) is 5.93.